The van der Waals surface area contributed by atoms with Gasteiger partial charge in [-0.3, -0.25) is 19.8 Å². The zero-order chi connectivity index (χ0) is 20.1. The molecule has 1 aliphatic carbocycles. The molecule has 28 heavy (non-hydrogen) atoms. The number of amides is 1. The molecule has 2 aromatic carbocycles. The number of hydrogen-bond acceptors (Lipinski definition) is 4. The van der Waals surface area contributed by atoms with Crippen molar-refractivity contribution in [3.8, 4) is 0 Å². The first-order chi connectivity index (χ1) is 13.3. The van der Waals surface area contributed by atoms with Gasteiger partial charge in [0.2, 0.25) is 5.82 Å². The summed E-state index contributed by atoms with van der Waals surface area (Å²) in [7, 11) is 0. The average molecular weight is 399 g/mol. The maximum absolute atomic E-state index is 14.2. The molecule has 6 nitrogen and oxygen atoms in total. The van der Waals surface area contributed by atoms with Crippen LogP contribution in [0, 0.1) is 22.9 Å². The van der Waals surface area contributed by atoms with E-state index in [-0.39, 0.29) is 16.7 Å². The molecule has 2 aliphatic rings. The Hall–Kier alpha value is -2.87. The molecule has 2 aromatic rings. The van der Waals surface area contributed by atoms with Gasteiger partial charge in [0.25, 0.3) is 5.91 Å². The van der Waals surface area contributed by atoms with Gasteiger partial charge in [-0.2, -0.15) is 4.39 Å². The zero-order valence-corrected chi connectivity index (χ0v) is 16.0. The fourth-order valence-electron chi connectivity index (χ4n) is 4.13. The zero-order valence-electron chi connectivity index (χ0n) is 15.2. The third-order valence-electron chi connectivity index (χ3n) is 5.52. The molecule has 0 bridgehead atoms. The first kappa shape index (κ1) is 18.5. The van der Waals surface area contributed by atoms with Crippen LogP contribution in [0.15, 0.2) is 42.5 Å². The number of nitro groups is 1. The second kappa shape index (κ2) is 6.63. The summed E-state index contributed by atoms with van der Waals surface area (Å²) in [6.07, 6.45) is 3.12. The van der Waals surface area contributed by atoms with Crippen LogP contribution >= 0.6 is 12.2 Å². The summed E-state index contributed by atoms with van der Waals surface area (Å²) in [6.45, 7) is 1.98. The molecular formula is C20H18FN3O3S. The van der Waals surface area contributed by atoms with Crippen LogP contribution in [0.5, 0.6) is 0 Å². The molecule has 1 saturated heterocycles. The Balaban J connectivity index is 1.81. The van der Waals surface area contributed by atoms with Gasteiger partial charge in [-0.05, 0) is 50.2 Å². The predicted molar refractivity (Wildman–Crippen MR) is 108 cm³/mol. The SMILES string of the molecule is Cc1ccc(N2C(=S)N(c3ccc([N+](=O)[O-])c(F)c3)C(=O)C23CCCC3)cc1. The Bertz CT molecular complexity index is 987. The number of halogens is 1. The highest BCUT2D eigenvalue weighted by molar-refractivity contribution is 7.81. The second-order valence-corrected chi connectivity index (χ2v) is 7.59. The van der Waals surface area contributed by atoms with E-state index in [0.29, 0.717) is 12.8 Å². The fourth-order valence-corrected chi connectivity index (χ4v) is 4.60. The Morgan fingerprint density at radius 2 is 1.71 bits per heavy atom. The highest BCUT2D eigenvalue weighted by Crippen LogP contribution is 2.46. The number of nitro benzene ring substituents is 1. The Kier molecular flexibility index (Phi) is 4.38. The van der Waals surface area contributed by atoms with Crippen molar-refractivity contribution in [1.29, 1.82) is 0 Å². The lowest BCUT2D eigenvalue weighted by molar-refractivity contribution is -0.387. The Morgan fingerprint density at radius 1 is 1.11 bits per heavy atom. The van der Waals surface area contributed by atoms with E-state index in [2.05, 4.69) is 0 Å². The van der Waals surface area contributed by atoms with E-state index in [1.807, 2.05) is 36.1 Å². The molecule has 144 valence electrons. The van der Waals surface area contributed by atoms with Gasteiger partial charge in [0.05, 0.1) is 10.6 Å². The summed E-state index contributed by atoms with van der Waals surface area (Å²) >= 11 is 5.65. The van der Waals surface area contributed by atoms with Crippen LogP contribution in [0.1, 0.15) is 31.2 Å². The van der Waals surface area contributed by atoms with Gasteiger partial charge in [-0.15, -0.1) is 0 Å². The number of nitrogens with zero attached hydrogens (tertiary/aromatic N) is 3. The summed E-state index contributed by atoms with van der Waals surface area (Å²) < 4.78 is 14.2. The van der Waals surface area contributed by atoms with Crippen molar-refractivity contribution in [1.82, 2.24) is 0 Å². The van der Waals surface area contributed by atoms with Gasteiger partial charge in [0.1, 0.15) is 5.54 Å². The number of benzene rings is 2. The van der Waals surface area contributed by atoms with Crippen molar-refractivity contribution in [2.24, 2.45) is 0 Å². The number of aryl methyl sites for hydroxylation is 1. The maximum Gasteiger partial charge on any atom is 0.304 e. The number of carbonyl (C=O) groups excluding carboxylic acids is 1. The summed E-state index contributed by atoms with van der Waals surface area (Å²) in [4.78, 5) is 26.8. The van der Waals surface area contributed by atoms with Crippen molar-refractivity contribution >= 4 is 40.3 Å². The van der Waals surface area contributed by atoms with E-state index in [9.17, 15) is 19.3 Å². The molecule has 1 saturated carbocycles. The van der Waals surface area contributed by atoms with E-state index < -0.39 is 22.0 Å². The van der Waals surface area contributed by atoms with Gasteiger partial charge in [-0.1, -0.05) is 30.5 Å². The van der Waals surface area contributed by atoms with Crippen LogP contribution in [-0.2, 0) is 4.79 Å². The van der Waals surface area contributed by atoms with Crippen molar-refractivity contribution in [3.05, 3.63) is 64.0 Å². The topological polar surface area (TPSA) is 66.7 Å². The lowest BCUT2D eigenvalue weighted by atomic mass is 9.95. The molecule has 0 atom stereocenters. The Labute approximate surface area is 166 Å². The number of hydrogen-bond donors (Lipinski definition) is 0. The molecule has 8 heteroatoms. The van der Waals surface area contributed by atoms with Crippen LogP contribution in [0.4, 0.5) is 21.5 Å². The van der Waals surface area contributed by atoms with Crippen LogP contribution in [0.2, 0.25) is 0 Å². The van der Waals surface area contributed by atoms with E-state index in [0.717, 1.165) is 36.2 Å². The van der Waals surface area contributed by atoms with Crippen LogP contribution in [0.3, 0.4) is 0 Å². The number of anilines is 2. The number of thiocarbonyl (C=S) groups is 1. The predicted octanol–water partition coefficient (Wildman–Crippen LogP) is 4.49. The lowest BCUT2D eigenvalue weighted by Gasteiger charge is -2.32. The van der Waals surface area contributed by atoms with E-state index in [1.54, 1.807) is 0 Å². The molecule has 1 amide bonds. The molecule has 0 N–H and O–H groups in total. The Morgan fingerprint density at radius 3 is 2.29 bits per heavy atom. The van der Waals surface area contributed by atoms with Crippen molar-refractivity contribution < 1.29 is 14.1 Å². The van der Waals surface area contributed by atoms with Crippen molar-refractivity contribution in [3.63, 3.8) is 0 Å². The van der Waals surface area contributed by atoms with Gasteiger partial charge in [-0.25, -0.2) is 0 Å². The van der Waals surface area contributed by atoms with Gasteiger partial charge in [0, 0.05) is 17.8 Å². The minimum Gasteiger partial charge on any atom is -0.303 e. The van der Waals surface area contributed by atoms with Crippen LogP contribution in [-0.4, -0.2) is 21.5 Å². The largest absolute Gasteiger partial charge is 0.304 e. The molecule has 1 aliphatic heterocycles. The molecule has 0 aromatic heterocycles. The standard InChI is InChI=1S/C20H18FN3O3S/c1-13-4-6-14(7-5-13)23-19(28)22(18(25)20(23)10-2-3-11-20)15-8-9-17(24(26)27)16(21)12-15/h4-9,12H,2-3,10-11H2,1H3. The molecule has 4 rings (SSSR count). The van der Waals surface area contributed by atoms with E-state index in [1.165, 1.54) is 11.0 Å². The molecule has 1 spiro atoms. The van der Waals surface area contributed by atoms with E-state index in [4.69, 9.17) is 12.2 Å². The van der Waals surface area contributed by atoms with Gasteiger partial charge >= 0.3 is 5.69 Å². The minimum absolute atomic E-state index is 0.205. The summed E-state index contributed by atoms with van der Waals surface area (Å²) in [5.74, 6) is -1.20. The molecule has 1 heterocycles. The third-order valence-corrected chi connectivity index (χ3v) is 5.89. The average Bonchev–Trinajstić information content (AvgIpc) is 3.21. The summed E-state index contributed by atoms with van der Waals surface area (Å²) in [5.41, 5.74) is 0.696. The maximum atomic E-state index is 14.2. The van der Waals surface area contributed by atoms with Crippen LogP contribution in [0.25, 0.3) is 0 Å². The third kappa shape index (κ3) is 2.67. The molecule has 0 radical (unpaired) electrons. The smallest absolute Gasteiger partial charge is 0.303 e. The van der Waals surface area contributed by atoms with Crippen molar-refractivity contribution in [2.45, 2.75) is 38.1 Å². The quantitative estimate of drug-likeness (QED) is 0.432. The number of rotatable bonds is 3. The highest BCUT2D eigenvalue weighted by Gasteiger charge is 2.57. The first-order valence-corrected chi connectivity index (χ1v) is 9.45. The normalized spacial score (nSPS) is 18.4. The first-order valence-electron chi connectivity index (χ1n) is 9.04. The minimum atomic E-state index is -0.993. The molecule has 2 fully saturated rings. The second-order valence-electron chi connectivity index (χ2n) is 7.23. The lowest BCUT2D eigenvalue weighted by Crippen LogP contribution is -2.47. The van der Waals surface area contributed by atoms with Crippen LogP contribution < -0.4 is 9.80 Å². The molecular weight excluding hydrogens is 381 g/mol. The van der Waals surface area contributed by atoms with Gasteiger partial charge in [0.15, 0.2) is 5.11 Å². The summed E-state index contributed by atoms with van der Waals surface area (Å²) in [5, 5.41) is 11.2. The fraction of sp³-hybridized carbons (Fsp3) is 0.300. The number of carbonyl (C=O) groups is 1. The molecule has 0 unspecified atom stereocenters. The monoisotopic (exact) mass is 399 g/mol. The van der Waals surface area contributed by atoms with E-state index >= 15 is 0 Å². The van der Waals surface area contributed by atoms with Crippen molar-refractivity contribution in [2.75, 3.05) is 9.80 Å². The highest BCUT2D eigenvalue weighted by atomic mass is 32.1. The summed E-state index contributed by atoms with van der Waals surface area (Å²) in [6, 6.07) is 11.2. The van der Waals surface area contributed by atoms with Gasteiger partial charge < -0.3 is 4.90 Å².